The van der Waals surface area contributed by atoms with Crippen molar-refractivity contribution in [2.45, 2.75) is 19.3 Å². The lowest BCUT2D eigenvalue weighted by atomic mass is 10.2. The number of carbonyl (C=O) groups excluding carboxylic acids is 1. The maximum absolute atomic E-state index is 12.6. The van der Waals surface area contributed by atoms with Gasteiger partial charge in [0.2, 0.25) is 5.91 Å². The van der Waals surface area contributed by atoms with Crippen LogP contribution in [0.3, 0.4) is 0 Å². The Morgan fingerprint density at radius 2 is 2.10 bits per heavy atom. The number of nitrogens with one attached hydrogen (secondary N) is 1. The van der Waals surface area contributed by atoms with Crippen LogP contribution in [0, 0.1) is 0 Å². The predicted molar refractivity (Wildman–Crippen MR) is 117 cm³/mol. The molecule has 0 fully saturated rings. The molecule has 1 N–H and O–H groups in total. The summed E-state index contributed by atoms with van der Waals surface area (Å²) in [6.07, 6.45) is 6.02. The van der Waals surface area contributed by atoms with Gasteiger partial charge in [-0.2, -0.15) is 0 Å². The van der Waals surface area contributed by atoms with E-state index >= 15 is 0 Å². The summed E-state index contributed by atoms with van der Waals surface area (Å²) in [6.45, 7) is 0.0869. The molecule has 1 amide bonds. The number of aryl methyl sites for hydroxylation is 2. The third-order valence-corrected chi connectivity index (χ3v) is 5.24. The molecule has 0 saturated heterocycles. The topological polar surface area (TPSA) is 102 Å². The maximum Gasteiger partial charge on any atom is 0.252 e. The van der Waals surface area contributed by atoms with E-state index in [-0.39, 0.29) is 18.0 Å². The molecule has 9 nitrogen and oxygen atoms in total. The van der Waals surface area contributed by atoms with Crippen molar-refractivity contribution in [1.82, 2.24) is 19.5 Å². The molecule has 4 rings (SSSR count). The van der Waals surface area contributed by atoms with Gasteiger partial charge in [-0.15, -0.1) is 0 Å². The van der Waals surface area contributed by atoms with Gasteiger partial charge in [0, 0.05) is 55.6 Å². The molecule has 0 radical (unpaired) electrons. The Hall–Kier alpha value is -3.75. The third-order valence-electron chi connectivity index (χ3n) is 5.24. The molecular formula is C22H24N6O3. The second kappa shape index (κ2) is 8.55. The Balaban J connectivity index is 1.59. The number of hydrogen-bond donors (Lipinski definition) is 1. The fraction of sp³-hybridized carbons (Fsp3) is 0.318. The van der Waals surface area contributed by atoms with Gasteiger partial charge in [0.1, 0.15) is 17.3 Å². The molecule has 0 atom stereocenters. The molecule has 31 heavy (non-hydrogen) atoms. The molecule has 9 heteroatoms. The smallest absolute Gasteiger partial charge is 0.252 e. The fourth-order valence-corrected chi connectivity index (χ4v) is 3.62. The average molecular weight is 420 g/mol. The number of amides is 1. The minimum atomic E-state index is -0.234. The van der Waals surface area contributed by atoms with E-state index in [1.165, 1.54) is 10.6 Å². The van der Waals surface area contributed by atoms with E-state index in [2.05, 4.69) is 10.3 Å². The first-order valence-electron chi connectivity index (χ1n) is 10.0. The van der Waals surface area contributed by atoms with Crippen LogP contribution in [0.15, 0.2) is 41.5 Å². The summed E-state index contributed by atoms with van der Waals surface area (Å²) in [7, 11) is 5.09. The highest BCUT2D eigenvalue weighted by molar-refractivity contribution is 5.94. The predicted octanol–water partition coefficient (Wildman–Crippen LogP) is 1.81. The zero-order valence-corrected chi connectivity index (χ0v) is 17.8. The lowest BCUT2D eigenvalue weighted by Crippen LogP contribution is -2.32. The number of anilines is 2. The fourth-order valence-electron chi connectivity index (χ4n) is 3.62. The number of aromatic nitrogens is 4. The zero-order chi connectivity index (χ0) is 22.0. The number of methoxy groups -OCH3 is 1. The van der Waals surface area contributed by atoms with Crippen molar-refractivity contribution < 1.29 is 9.53 Å². The molecule has 1 aliphatic carbocycles. The van der Waals surface area contributed by atoms with Crippen LogP contribution >= 0.6 is 0 Å². The average Bonchev–Trinajstić information content (AvgIpc) is 3.24. The van der Waals surface area contributed by atoms with Gasteiger partial charge in [0.15, 0.2) is 5.82 Å². The van der Waals surface area contributed by atoms with Crippen LogP contribution < -0.4 is 20.5 Å². The molecule has 0 spiro atoms. The number of nitrogens with zero attached hydrogens (tertiary/aromatic N) is 5. The summed E-state index contributed by atoms with van der Waals surface area (Å²) in [5, 5.41) is 2.77. The van der Waals surface area contributed by atoms with Crippen molar-refractivity contribution in [1.29, 1.82) is 0 Å². The highest BCUT2D eigenvalue weighted by Crippen LogP contribution is 2.31. The Bertz CT molecular complexity index is 1190. The Labute approximate surface area is 179 Å². The number of hydrogen-bond acceptors (Lipinski definition) is 7. The van der Waals surface area contributed by atoms with E-state index in [0.29, 0.717) is 23.0 Å². The number of carbonyl (C=O) groups is 1. The van der Waals surface area contributed by atoms with E-state index in [4.69, 9.17) is 14.7 Å². The molecule has 0 saturated carbocycles. The van der Waals surface area contributed by atoms with Crippen LogP contribution in [0.4, 0.5) is 11.5 Å². The summed E-state index contributed by atoms with van der Waals surface area (Å²) >= 11 is 0. The number of rotatable bonds is 6. The van der Waals surface area contributed by atoms with Crippen molar-refractivity contribution in [3.8, 4) is 17.3 Å². The zero-order valence-electron chi connectivity index (χ0n) is 17.8. The molecule has 3 aromatic rings. The first kappa shape index (κ1) is 20.5. The van der Waals surface area contributed by atoms with Crippen molar-refractivity contribution in [2.75, 3.05) is 30.9 Å². The Morgan fingerprint density at radius 1 is 1.26 bits per heavy atom. The second-order valence-corrected chi connectivity index (χ2v) is 7.50. The lowest BCUT2D eigenvalue weighted by Gasteiger charge is -2.21. The van der Waals surface area contributed by atoms with E-state index in [1.807, 2.05) is 11.9 Å². The first-order chi connectivity index (χ1) is 14.9. The van der Waals surface area contributed by atoms with E-state index in [0.717, 1.165) is 36.3 Å². The van der Waals surface area contributed by atoms with Crippen LogP contribution in [0.5, 0.6) is 5.75 Å². The molecule has 0 aliphatic heterocycles. The molecule has 3 aromatic heterocycles. The minimum absolute atomic E-state index is 0.0869. The summed E-state index contributed by atoms with van der Waals surface area (Å²) in [4.78, 5) is 40.0. The largest absolute Gasteiger partial charge is 0.497 e. The number of likely N-dealkylation sites (N-methyl/N-ethyl adjacent to an activating group) is 1. The number of fused-ring (bicyclic) bond motifs is 1. The van der Waals surface area contributed by atoms with Gasteiger partial charge >= 0.3 is 0 Å². The van der Waals surface area contributed by atoms with Crippen LogP contribution in [0.2, 0.25) is 0 Å². The summed E-state index contributed by atoms with van der Waals surface area (Å²) in [6, 6.07) is 6.65. The van der Waals surface area contributed by atoms with Gasteiger partial charge in [-0.1, -0.05) is 0 Å². The SMILES string of the molecule is COc1ccnc(-c2nc3c(c(N(C)CC(=O)Nc4ccn(C)c(=O)c4)n2)CCC3)c1. The number of ether oxygens (including phenoxy) is 1. The van der Waals surface area contributed by atoms with Crippen LogP contribution in [0.25, 0.3) is 11.5 Å². The van der Waals surface area contributed by atoms with Gasteiger partial charge in [-0.05, 0) is 31.4 Å². The Kier molecular flexibility index (Phi) is 5.66. The summed E-state index contributed by atoms with van der Waals surface area (Å²) in [5.74, 6) is 1.68. The molecule has 160 valence electrons. The quantitative estimate of drug-likeness (QED) is 0.649. The van der Waals surface area contributed by atoms with Crippen LogP contribution in [-0.4, -0.2) is 46.1 Å². The standard InChI is InChI=1S/C22H24N6O3/c1-27-10-8-14(11-20(27)30)24-19(29)13-28(2)22-16-5-4-6-17(16)25-21(26-22)18-12-15(31-3)7-9-23-18/h7-12H,4-6,13H2,1-3H3,(H,24,29). The first-order valence-corrected chi connectivity index (χ1v) is 10.0. The highest BCUT2D eigenvalue weighted by atomic mass is 16.5. The van der Waals surface area contributed by atoms with E-state index in [9.17, 15) is 9.59 Å². The molecule has 1 aliphatic rings. The van der Waals surface area contributed by atoms with Gasteiger partial charge in [0.25, 0.3) is 5.56 Å². The van der Waals surface area contributed by atoms with Gasteiger partial charge in [-0.25, -0.2) is 9.97 Å². The second-order valence-electron chi connectivity index (χ2n) is 7.50. The van der Waals surface area contributed by atoms with Crippen molar-refractivity contribution in [3.63, 3.8) is 0 Å². The molecule has 0 aromatic carbocycles. The molecule has 0 unspecified atom stereocenters. The van der Waals surface area contributed by atoms with E-state index in [1.54, 1.807) is 44.8 Å². The van der Waals surface area contributed by atoms with Crippen molar-refractivity contribution >= 4 is 17.4 Å². The van der Waals surface area contributed by atoms with Crippen LogP contribution in [0.1, 0.15) is 17.7 Å². The summed E-state index contributed by atoms with van der Waals surface area (Å²) in [5.41, 5.74) is 2.96. The van der Waals surface area contributed by atoms with Gasteiger partial charge < -0.3 is 19.5 Å². The molecule has 3 heterocycles. The number of pyridine rings is 2. The summed E-state index contributed by atoms with van der Waals surface area (Å²) < 4.78 is 6.73. The molecule has 0 bridgehead atoms. The van der Waals surface area contributed by atoms with Gasteiger partial charge in [0.05, 0.1) is 13.7 Å². The monoisotopic (exact) mass is 420 g/mol. The van der Waals surface area contributed by atoms with E-state index < -0.39 is 0 Å². The van der Waals surface area contributed by atoms with Crippen molar-refractivity contribution in [3.05, 3.63) is 58.3 Å². The normalized spacial score (nSPS) is 12.4. The third kappa shape index (κ3) is 4.40. The minimum Gasteiger partial charge on any atom is -0.497 e. The Morgan fingerprint density at radius 3 is 2.87 bits per heavy atom. The van der Waals surface area contributed by atoms with Crippen LogP contribution in [-0.2, 0) is 24.7 Å². The highest BCUT2D eigenvalue weighted by Gasteiger charge is 2.23. The van der Waals surface area contributed by atoms with Gasteiger partial charge in [-0.3, -0.25) is 14.6 Å². The lowest BCUT2D eigenvalue weighted by molar-refractivity contribution is -0.114. The maximum atomic E-state index is 12.6. The van der Waals surface area contributed by atoms with Crippen molar-refractivity contribution in [2.24, 2.45) is 7.05 Å². The molecular weight excluding hydrogens is 396 g/mol.